The van der Waals surface area contributed by atoms with Gasteiger partial charge in [0, 0.05) is 39.0 Å². The number of H-pyrrole nitrogens is 1. The molecule has 2 aromatic heterocycles. The number of nitrogens with zero attached hydrogens (tertiary/aromatic N) is 4. The average Bonchev–Trinajstić information content (AvgIpc) is 3.14. The van der Waals surface area contributed by atoms with Gasteiger partial charge in [-0.25, -0.2) is 15.0 Å². The topological polar surface area (TPSA) is 107 Å². The minimum absolute atomic E-state index is 0.102. The maximum Gasteiger partial charge on any atom is 0.220 e. The fourth-order valence-electron chi connectivity index (χ4n) is 3.55. The van der Waals surface area contributed by atoms with Gasteiger partial charge in [-0.1, -0.05) is 24.3 Å². The van der Waals surface area contributed by atoms with Crippen LogP contribution >= 0.6 is 0 Å². The van der Waals surface area contributed by atoms with Crippen LogP contribution < -0.4 is 5.32 Å². The SMILES string of the molecule is O=C(CCc1nc2ncncc2[nH]1)NC[C@@H](O)CN1CCc2ccccc2C1. The summed E-state index contributed by atoms with van der Waals surface area (Å²) in [5, 5.41) is 13.1. The maximum atomic E-state index is 12.1. The highest BCUT2D eigenvalue weighted by Crippen LogP contribution is 2.18. The molecule has 146 valence electrons. The molecule has 3 aromatic rings. The first kappa shape index (κ1) is 18.5. The monoisotopic (exact) mass is 380 g/mol. The minimum Gasteiger partial charge on any atom is -0.390 e. The second-order valence-electron chi connectivity index (χ2n) is 7.16. The number of carbonyl (C=O) groups is 1. The standard InChI is InChI=1S/C20H24N6O2/c27-16(12-26-8-7-14-3-1-2-4-15(14)11-26)9-22-19(28)6-5-18-24-17-10-21-13-23-20(17)25-18/h1-4,10,13,16,27H,5-9,11-12H2,(H,22,28)(H,21,23,24,25)/t16-/m1/s1. The molecular weight excluding hydrogens is 356 g/mol. The number of aliphatic hydroxyl groups excluding tert-OH is 1. The van der Waals surface area contributed by atoms with E-state index in [2.05, 4.69) is 48.4 Å². The van der Waals surface area contributed by atoms with Crippen LogP contribution in [0.25, 0.3) is 11.2 Å². The highest BCUT2D eigenvalue weighted by molar-refractivity contribution is 5.76. The summed E-state index contributed by atoms with van der Waals surface area (Å²) in [7, 11) is 0. The zero-order valence-corrected chi connectivity index (χ0v) is 15.6. The molecule has 0 radical (unpaired) electrons. The average molecular weight is 380 g/mol. The van der Waals surface area contributed by atoms with E-state index in [9.17, 15) is 9.90 Å². The van der Waals surface area contributed by atoms with Crippen molar-refractivity contribution in [2.75, 3.05) is 19.6 Å². The lowest BCUT2D eigenvalue weighted by Crippen LogP contribution is -2.42. The zero-order valence-electron chi connectivity index (χ0n) is 15.6. The second-order valence-corrected chi connectivity index (χ2v) is 7.16. The molecule has 0 bridgehead atoms. The van der Waals surface area contributed by atoms with E-state index in [1.165, 1.54) is 17.5 Å². The van der Waals surface area contributed by atoms with E-state index in [-0.39, 0.29) is 12.5 Å². The largest absolute Gasteiger partial charge is 0.390 e. The molecule has 0 saturated heterocycles. The van der Waals surface area contributed by atoms with E-state index >= 15 is 0 Å². The number of rotatable bonds is 7. The van der Waals surface area contributed by atoms with E-state index in [0.717, 1.165) is 25.0 Å². The summed E-state index contributed by atoms with van der Waals surface area (Å²) < 4.78 is 0. The first-order valence-electron chi connectivity index (χ1n) is 9.56. The Hall–Kier alpha value is -2.84. The maximum absolute atomic E-state index is 12.1. The fourth-order valence-corrected chi connectivity index (χ4v) is 3.55. The lowest BCUT2D eigenvalue weighted by molar-refractivity contribution is -0.121. The van der Waals surface area contributed by atoms with Crippen molar-refractivity contribution in [1.29, 1.82) is 0 Å². The van der Waals surface area contributed by atoms with E-state index in [1.807, 2.05) is 6.07 Å². The molecule has 3 heterocycles. The van der Waals surface area contributed by atoms with Crippen LogP contribution in [0.4, 0.5) is 0 Å². The molecule has 1 amide bonds. The van der Waals surface area contributed by atoms with Crippen molar-refractivity contribution in [1.82, 2.24) is 30.2 Å². The Kier molecular flexibility index (Phi) is 5.59. The van der Waals surface area contributed by atoms with Crippen molar-refractivity contribution < 1.29 is 9.90 Å². The Morgan fingerprint density at radius 3 is 3.04 bits per heavy atom. The number of β-amino-alcohol motifs (C(OH)–C–C–N with tert-alkyl or cyclic N) is 1. The van der Waals surface area contributed by atoms with Gasteiger partial charge in [0.2, 0.25) is 5.91 Å². The van der Waals surface area contributed by atoms with Crippen LogP contribution in [-0.2, 0) is 24.2 Å². The summed E-state index contributed by atoms with van der Waals surface area (Å²) in [5.74, 6) is 0.604. The highest BCUT2D eigenvalue weighted by Gasteiger charge is 2.18. The number of benzene rings is 1. The quantitative estimate of drug-likeness (QED) is 0.560. The molecule has 1 aromatic carbocycles. The molecule has 0 saturated carbocycles. The number of carbonyl (C=O) groups excluding carboxylic acids is 1. The summed E-state index contributed by atoms with van der Waals surface area (Å²) in [6.07, 6.45) is 4.31. The Labute approximate surface area is 163 Å². The third kappa shape index (κ3) is 4.52. The van der Waals surface area contributed by atoms with Crippen LogP contribution in [0.3, 0.4) is 0 Å². The van der Waals surface area contributed by atoms with Gasteiger partial charge in [0.1, 0.15) is 17.7 Å². The summed E-state index contributed by atoms with van der Waals surface area (Å²) in [6.45, 7) is 2.58. The zero-order chi connectivity index (χ0) is 19.3. The Balaban J connectivity index is 1.19. The number of fused-ring (bicyclic) bond motifs is 2. The van der Waals surface area contributed by atoms with Crippen LogP contribution in [0.5, 0.6) is 0 Å². The molecule has 0 unspecified atom stereocenters. The molecule has 0 spiro atoms. The smallest absolute Gasteiger partial charge is 0.220 e. The molecule has 28 heavy (non-hydrogen) atoms. The van der Waals surface area contributed by atoms with Crippen molar-refractivity contribution in [3.63, 3.8) is 0 Å². The molecule has 8 heteroatoms. The molecule has 1 aliphatic rings. The molecule has 1 atom stereocenters. The molecular formula is C20H24N6O2. The first-order chi connectivity index (χ1) is 13.7. The minimum atomic E-state index is -0.587. The normalized spacial score (nSPS) is 15.3. The molecule has 0 fully saturated rings. The molecule has 8 nitrogen and oxygen atoms in total. The predicted octanol–water partition coefficient (Wildman–Crippen LogP) is 0.821. The van der Waals surface area contributed by atoms with Gasteiger partial charge in [-0.05, 0) is 17.5 Å². The van der Waals surface area contributed by atoms with Gasteiger partial charge in [-0.15, -0.1) is 0 Å². The second kappa shape index (κ2) is 8.45. The summed E-state index contributed by atoms with van der Waals surface area (Å²) in [6, 6.07) is 8.42. The van der Waals surface area contributed by atoms with Gasteiger partial charge >= 0.3 is 0 Å². The number of aromatic nitrogens is 4. The number of aryl methyl sites for hydroxylation is 1. The molecule has 0 aliphatic carbocycles. The van der Waals surface area contributed by atoms with Crippen molar-refractivity contribution >= 4 is 17.1 Å². The van der Waals surface area contributed by atoms with Gasteiger partial charge in [-0.3, -0.25) is 9.69 Å². The van der Waals surface area contributed by atoms with Crippen molar-refractivity contribution in [2.45, 2.75) is 31.9 Å². The van der Waals surface area contributed by atoms with Crippen molar-refractivity contribution in [3.05, 3.63) is 53.7 Å². The number of nitrogens with one attached hydrogen (secondary N) is 2. The predicted molar refractivity (Wildman–Crippen MR) is 104 cm³/mol. The van der Waals surface area contributed by atoms with Gasteiger partial charge in [0.05, 0.1) is 12.3 Å². The van der Waals surface area contributed by atoms with Crippen LogP contribution in [0.15, 0.2) is 36.8 Å². The third-order valence-corrected chi connectivity index (χ3v) is 5.01. The highest BCUT2D eigenvalue weighted by atomic mass is 16.3. The Morgan fingerprint density at radius 1 is 1.32 bits per heavy atom. The Morgan fingerprint density at radius 2 is 2.18 bits per heavy atom. The molecule has 4 rings (SSSR count). The van der Waals surface area contributed by atoms with E-state index < -0.39 is 6.10 Å². The molecule has 3 N–H and O–H groups in total. The van der Waals surface area contributed by atoms with Crippen LogP contribution in [-0.4, -0.2) is 61.6 Å². The lowest BCUT2D eigenvalue weighted by atomic mass is 10.00. The van der Waals surface area contributed by atoms with Crippen LogP contribution in [0, 0.1) is 0 Å². The third-order valence-electron chi connectivity index (χ3n) is 5.01. The van der Waals surface area contributed by atoms with E-state index in [0.29, 0.717) is 30.9 Å². The number of amides is 1. The first-order valence-corrected chi connectivity index (χ1v) is 9.56. The number of aliphatic hydroxyl groups is 1. The summed E-state index contributed by atoms with van der Waals surface area (Å²) in [4.78, 5) is 29.8. The molecule has 1 aliphatic heterocycles. The van der Waals surface area contributed by atoms with Gasteiger partial charge in [-0.2, -0.15) is 0 Å². The summed E-state index contributed by atoms with van der Waals surface area (Å²) >= 11 is 0. The van der Waals surface area contributed by atoms with Gasteiger partial charge in [0.15, 0.2) is 5.65 Å². The number of aromatic amines is 1. The van der Waals surface area contributed by atoms with Crippen molar-refractivity contribution in [2.24, 2.45) is 0 Å². The Bertz CT molecular complexity index is 924. The van der Waals surface area contributed by atoms with Crippen LogP contribution in [0.1, 0.15) is 23.4 Å². The van der Waals surface area contributed by atoms with Crippen LogP contribution in [0.2, 0.25) is 0 Å². The van der Waals surface area contributed by atoms with Crippen molar-refractivity contribution in [3.8, 4) is 0 Å². The van der Waals surface area contributed by atoms with Gasteiger partial charge < -0.3 is 15.4 Å². The van der Waals surface area contributed by atoms with E-state index in [1.54, 1.807) is 6.20 Å². The van der Waals surface area contributed by atoms with E-state index in [4.69, 9.17) is 0 Å². The summed E-state index contributed by atoms with van der Waals surface area (Å²) in [5.41, 5.74) is 4.07. The lowest BCUT2D eigenvalue weighted by Gasteiger charge is -2.30. The number of hydrogen-bond acceptors (Lipinski definition) is 6. The fraction of sp³-hybridized carbons (Fsp3) is 0.400. The van der Waals surface area contributed by atoms with Gasteiger partial charge in [0.25, 0.3) is 0 Å². The number of imidazole rings is 1. The number of hydrogen-bond donors (Lipinski definition) is 3.